The second kappa shape index (κ2) is 11.4. The number of carbonyl (C=O) groups excluding carboxylic acids is 1. The van der Waals surface area contributed by atoms with Gasteiger partial charge in [-0.25, -0.2) is 0 Å². The minimum atomic E-state index is 0.121. The van der Waals surface area contributed by atoms with E-state index in [4.69, 9.17) is 5.26 Å². The van der Waals surface area contributed by atoms with Crippen molar-refractivity contribution in [3.63, 3.8) is 0 Å². The number of benzene rings is 1. The Morgan fingerprint density at radius 2 is 1.73 bits per heavy atom. The Kier molecular flexibility index (Phi) is 8.57. The van der Waals surface area contributed by atoms with Crippen molar-refractivity contribution in [1.82, 2.24) is 10.2 Å². The van der Waals surface area contributed by atoms with Crippen LogP contribution in [0.1, 0.15) is 62.5 Å². The Morgan fingerprint density at radius 1 is 1.07 bits per heavy atom. The van der Waals surface area contributed by atoms with Gasteiger partial charge in [-0.3, -0.25) is 9.69 Å². The van der Waals surface area contributed by atoms with Crippen LogP contribution in [0.4, 0.5) is 5.69 Å². The molecule has 5 heteroatoms. The van der Waals surface area contributed by atoms with Crippen LogP contribution in [-0.2, 0) is 4.79 Å². The Hall–Kier alpha value is -2.06. The van der Waals surface area contributed by atoms with Gasteiger partial charge in [0.2, 0.25) is 5.91 Å². The molecule has 5 nitrogen and oxygen atoms in total. The molecule has 164 valence electrons. The fraction of sp³-hybridized carbons (Fsp3) is 0.680. The van der Waals surface area contributed by atoms with Crippen LogP contribution in [0.2, 0.25) is 0 Å². The summed E-state index contributed by atoms with van der Waals surface area (Å²) in [4.78, 5) is 17.1. The minimum absolute atomic E-state index is 0.121. The first kappa shape index (κ1) is 22.6. The van der Waals surface area contributed by atoms with Gasteiger partial charge in [0.1, 0.15) is 0 Å². The highest BCUT2D eigenvalue weighted by Gasteiger charge is 2.24. The van der Waals surface area contributed by atoms with Gasteiger partial charge in [-0.05, 0) is 88.1 Å². The molecule has 1 N–H and O–H groups in total. The quantitative estimate of drug-likeness (QED) is 0.653. The molecule has 1 amide bonds. The van der Waals surface area contributed by atoms with E-state index in [1.54, 1.807) is 0 Å². The summed E-state index contributed by atoms with van der Waals surface area (Å²) in [7, 11) is 0. The molecule has 0 aromatic heterocycles. The number of unbranched alkanes of at least 4 members (excludes halogenated alkanes) is 1. The minimum Gasteiger partial charge on any atom is -0.369 e. The zero-order valence-electron chi connectivity index (χ0n) is 18.8. The molecule has 1 saturated carbocycles. The SMILES string of the molecule is Cc1cc(C)cc(N2CCN(CC[C@H]3CC[C@H](NC(=O)CCCC#N)CC3)CC2)c1. The fourth-order valence-electron chi connectivity index (χ4n) is 4.95. The summed E-state index contributed by atoms with van der Waals surface area (Å²) in [6.45, 7) is 10.1. The van der Waals surface area contributed by atoms with Crippen molar-refractivity contribution >= 4 is 11.6 Å². The average Bonchev–Trinajstić information content (AvgIpc) is 2.73. The van der Waals surface area contributed by atoms with Gasteiger partial charge in [0, 0.05) is 50.7 Å². The molecule has 2 aliphatic rings. The Labute approximate surface area is 182 Å². The summed E-state index contributed by atoms with van der Waals surface area (Å²) in [5.41, 5.74) is 4.07. The standard InChI is InChI=1S/C25H38N4O/c1-20-17-21(2)19-24(18-20)29-15-13-28(14-16-29)12-10-22-6-8-23(9-7-22)27-25(30)5-3-4-11-26/h17-19,22-23H,3-10,12-16H2,1-2H3,(H,27,30)/t22-,23-. The van der Waals surface area contributed by atoms with Gasteiger partial charge in [0.05, 0.1) is 6.07 Å². The molecule has 1 heterocycles. The molecular weight excluding hydrogens is 372 g/mol. The maximum atomic E-state index is 11.9. The lowest BCUT2D eigenvalue weighted by molar-refractivity contribution is -0.122. The van der Waals surface area contributed by atoms with E-state index >= 15 is 0 Å². The predicted molar refractivity (Wildman–Crippen MR) is 123 cm³/mol. The summed E-state index contributed by atoms with van der Waals surface area (Å²) in [5.74, 6) is 0.921. The highest BCUT2D eigenvalue weighted by molar-refractivity contribution is 5.76. The van der Waals surface area contributed by atoms with E-state index in [0.717, 1.165) is 44.9 Å². The van der Waals surface area contributed by atoms with Crippen LogP contribution in [0.3, 0.4) is 0 Å². The van der Waals surface area contributed by atoms with Crippen molar-refractivity contribution < 1.29 is 4.79 Å². The number of hydrogen-bond donors (Lipinski definition) is 1. The van der Waals surface area contributed by atoms with Crippen LogP contribution in [-0.4, -0.2) is 49.6 Å². The van der Waals surface area contributed by atoms with E-state index in [2.05, 4.69) is 53.2 Å². The second-order valence-corrected chi connectivity index (χ2v) is 9.26. The molecule has 0 bridgehead atoms. The molecule has 2 fully saturated rings. The Morgan fingerprint density at radius 3 is 2.37 bits per heavy atom. The van der Waals surface area contributed by atoms with E-state index in [-0.39, 0.29) is 5.91 Å². The molecule has 0 unspecified atom stereocenters. The van der Waals surface area contributed by atoms with Crippen molar-refractivity contribution in [3.8, 4) is 6.07 Å². The molecule has 3 rings (SSSR count). The van der Waals surface area contributed by atoms with Crippen molar-refractivity contribution in [1.29, 1.82) is 5.26 Å². The van der Waals surface area contributed by atoms with Gasteiger partial charge in [-0.1, -0.05) is 6.07 Å². The summed E-state index contributed by atoms with van der Waals surface area (Å²) >= 11 is 0. The number of amides is 1. The molecule has 0 radical (unpaired) electrons. The smallest absolute Gasteiger partial charge is 0.220 e. The normalized spacial score (nSPS) is 22.5. The largest absolute Gasteiger partial charge is 0.369 e. The van der Waals surface area contributed by atoms with E-state index in [1.807, 2.05) is 0 Å². The monoisotopic (exact) mass is 410 g/mol. The number of rotatable bonds is 8. The van der Waals surface area contributed by atoms with Crippen LogP contribution in [0, 0.1) is 31.1 Å². The van der Waals surface area contributed by atoms with Crippen LogP contribution in [0.15, 0.2) is 18.2 Å². The predicted octanol–water partition coefficient (Wildman–Crippen LogP) is 4.18. The van der Waals surface area contributed by atoms with Crippen LogP contribution >= 0.6 is 0 Å². The van der Waals surface area contributed by atoms with Crippen molar-refractivity contribution in [2.45, 2.75) is 71.3 Å². The fourth-order valence-corrected chi connectivity index (χ4v) is 4.95. The number of nitrogens with zero attached hydrogens (tertiary/aromatic N) is 3. The summed E-state index contributed by atoms with van der Waals surface area (Å²) in [5, 5.41) is 11.7. The third-order valence-corrected chi connectivity index (χ3v) is 6.70. The molecule has 1 saturated heterocycles. The zero-order valence-corrected chi connectivity index (χ0v) is 18.8. The van der Waals surface area contributed by atoms with E-state index in [0.29, 0.717) is 25.3 Å². The molecule has 1 aromatic rings. The van der Waals surface area contributed by atoms with Gasteiger partial charge in [-0.15, -0.1) is 0 Å². The number of nitrogens with one attached hydrogen (secondary N) is 1. The van der Waals surface area contributed by atoms with Crippen LogP contribution < -0.4 is 10.2 Å². The molecule has 1 aliphatic carbocycles. The van der Waals surface area contributed by atoms with Gasteiger partial charge < -0.3 is 10.2 Å². The molecule has 30 heavy (non-hydrogen) atoms. The third-order valence-electron chi connectivity index (χ3n) is 6.70. The number of aryl methyl sites for hydroxylation is 2. The first-order chi connectivity index (χ1) is 14.5. The van der Waals surface area contributed by atoms with E-state index < -0.39 is 0 Å². The van der Waals surface area contributed by atoms with Gasteiger partial charge in [0.15, 0.2) is 0 Å². The lowest BCUT2D eigenvalue weighted by Gasteiger charge is -2.37. The van der Waals surface area contributed by atoms with Crippen LogP contribution in [0.5, 0.6) is 0 Å². The van der Waals surface area contributed by atoms with E-state index in [9.17, 15) is 4.79 Å². The maximum absolute atomic E-state index is 11.9. The van der Waals surface area contributed by atoms with E-state index in [1.165, 1.54) is 42.6 Å². The molecule has 1 aliphatic heterocycles. The maximum Gasteiger partial charge on any atom is 0.220 e. The van der Waals surface area contributed by atoms with Crippen molar-refractivity contribution in [2.75, 3.05) is 37.6 Å². The molecule has 0 atom stereocenters. The van der Waals surface area contributed by atoms with Gasteiger partial charge >= 0.3 is 0 Å². The first-order valence-corrected chi connectivity index (χ1v) is 11.8. The van der Waals surface area contributed by atoms with Gasteiger partial charge in [-0.2, -0.15) is 5.26 Å². The summed E-state index contributed by atoms with van der Waals surface area (Å²) in [6, 6.07) is 9.31. The second-order valence-electron chi connectivity index (χ2n) is 9.26. The van der Waals surface area contributed by atoms with Crippen molar-refractivity contribution in [2.24, 2.45) is 5.92 Å². The number of anilines is 1. The highest BCUT2D eigenvalue weighted by atomic mass is 16.1. The Bertz CT molecular complexity index is 705. The Balaban J connectivity index is 1.31. The summed E-state index contributed by atoms with van der Waals surface area (Å²) in [6.07, 6.45) is 7.59. The third kappa shape index (κ3) is 7.02. The molecule has 1 aromatic carbocycles. The zero-order chi connectivity index (χ0) is 21.3. The number of piperazine rings is 1. The topological polar surface area (TPSA) is 59.4 Å². The molecule has 0 spiro atoms. The average molecular weight is 411 g/mol. The van der Waals surface area contributed by atoms with Gasteiger partial charge in [0.25, 0.3) is 0 Å². The first-order valence-electron chi connectivity index (χ1n) is 11.8. The van der Waals surface area contributed by atoms with Crippen LogP contribution in [0.25, 0.3) is 0 Å². The lowest BCUT2D eigenvalue weighted by atomic mass is 9.84. The lowest BCUT2D eigenvalue weighted by Crippen LogP contribution is -2.47. The summed E-state index contributed by atoms with van der Waals surface area (Å²) < 4.78 is 0. The number of hydrogen-bond acceptors (Lipinski definition) is 4. The number of nitriles is 1. The molecular formula is C25H38N4O. The highest BCUT2D eigenvalue weighted by Crippen LogP contribution is 2.27. The number of carbonyl (C=O) groups is 1. The van der Waals surface area contributed by atoms with Crippen molar-refractivity contribution in [3.05, 3.63) is 29.3 Å².